The fourth-order valence-electron chi connectivity index (χ4n) is 3.45. The number of nitrogens with zero attached hydrogens (tertiary/aromatic N) is 1. The third-order valence-corrected chi connectivity index (χ3v) is 5.12. The summed E-state index contributed by atoms with van der Waals surface area (Å²) < 4.78 is 11.3. The van der Waals surface area contributed by atoms with E-state index >= 15 is 0 Å². The van der Waals surface area contributed by atoms with Gasteiger partial charge in [-0.1, -0.05) is 18.2 Å². The van der Waals surface area contributed by atoms with Crippen LogP contribution in [-0.2, 0) is 6.54 Å². The molecule has 2 heterocycles. The highest BCUT2D eigenvalue weighted by molar-refractivity contribution is 6.04. The van der Waals surface area contributed by atoms with Gasteiger partial charge in [-0.3, -0.25) is 9.78 Å². The number of pyridine rings is 1. The van der Waals surface area contributed by atoms with Gasteiger partial charge in [0.25, 0.3) is 5.91 Å². The molecule has 0 radical (unpaired) electrons. The lowest BCUT2D eigenvalue weighted by Crippen LogP contribution is -2.18. The van der Waals surface area contributed by atoms with E-state index < -0.39 is 0 Å². The maximum atomic E-state index is 12.7. The SMILES string of the molecule is Cc1c(NC(=O)c2ccc(CNCCO)nc2)cccc1-c1ccc2c(c1)OCCO2. The van der Waals surface area contributed by atoms with Crippen molar-refractivity contribution in [2.24, 2.45) is 0 Å². The van der Waals surface area contributed by atoms with Crippen LogP contribution in [0.5, 0.6) is 11.5 Å². The Morgan fingerprint density at radius 2 is 1.94 bits per heavy atom. The quantitative estimate of drug-likeness (QED) is 0.510. The van der Waals surface area contributed by atoms with Crippen LogP contribution < -0.4 is 20.1 Å². The van der Waals surface area contributed by atoms with Gasteiger partial charge < -0.3 is 25.2 Å². The summed E-state index contributed by atoms with van der Waals surface area (Å²) in [7, 11) is 0. The van der Waals surface area contributed by atoms with Crippen molar-refractivity contribution in [2.45, 2.75) is 13.5 Å². The van der Waals surface area contributed by atoms with Crippen LogP contribution in [0, 0.1) is 6.92 Å². The first-order chi connectivity index (χ1) is 15.2. The number of rotatable bonds is 7. The van der Waals surface area contributed by atoms with E-state index in [1.807, 2.05) is 43.3 Å². The molecule has 7 nitrogen and oxygen atoms in total. The van der Waals surface area contributed by atoms with E-state index in [1.54, 1.807) is 18.3 Å². The number of hydrogen-bond acceptors (Lipinski definition) is 6. The number of fused-ring (bicyclic) bond motifs is 1. The lowest BCUT2D eigenvalue weighted by molar-refractivity contribution is 0.102. The number of benzene rings is 2. The summed E-state index contributed by atoms with van der Waals surface area (Å²) in [6.45, 7) is 4.20. The molecular weight excluding hydrogens is 394 g/mol. The summed E-state index contributed by atoms with van der Waals surface area (Å²) in [6, 6.07) is 15.3. The molecule has 0 spiro atoms. The molecule has 1 aliphatic rings. The number of aliphatic hydroxyl groups is 1. The van der Waals surface area contributed by atoms with Crippen molar-refractivity contribution in [3.05, 3.63) is 71.5 Å². The van der Waals surface area contributed by atoms with E-state index in [4.69, 9.17) is 14.6 Å². The molecule has 3 N–H and O–H groups in total. The van der Waals surface area contributed by atoms with Gasteiger partial charge in [0.05, 0.1) is 17.9 Å². The maximum absolute atomic E-state index is 12.7. The molecule has 1 aromatic heterocycles. The minimum absolute atomic E-state index is 0.0746. The molecule has 0 unspecified atom stereocenters. The first-order valence-corrected chi connectivity index (χ1v) is 10.2. The van der Waals surface area contributed by atoms with Gasteiger partial charge in [0.2, 0.25) is 0 Å². The van der Waals surface area contributed by atoms with Gasteiger partial charge in [0.1, 0.15) is 13.2 Å². The van der Waals surface area contributed by atoms with E-state index in [9.17, 15) is 4.79 Å². The molecule has 1 amide bonds. The zero-order valence-electron chi connectivity index (χ0n) is 17.4. The molecule has 3 aromatic rings. The van der Waals surface area contributed by atoms with Crippen molar-refractivity contribution in [2.75, 3.05) is 31.7 Å². The summed E-state index contributed by atoms with van der Waals surface area (Å²) in [4.78, 5) is 17.1. The van der Waals surface area contributed by atoms with Crippen LogP contribution in [0.3, 0.4) is 0 Å². The first-order valence-electron chi connectivity index (χ1n) is 10.2. The molecule has 4 rings (SSSR count). The van der Waals surface area contributed by atoms with Crippen molar-refractivity contribution in [3.63, 3.8) is 0 Å². The van der Waals surface area contributed by atoms with Gasteiger partial charge in [-0.25, -0.2) is 0 Å². The van der Waals surface area contributed by atoms with Crippen molar-refractivity contribution in [1.82, 2.24) is 10.3 Å². The second kappa shape index (κ2) is 9.59. The van der Waals surface area contributed by atoms with E-state index in [2.05, 4.69) is 15.6 Å². The number of aromatic nitrogens is 1. The molecule has 31 heavy (non-hydrogen) atoms. The van der Waals surface area contributed by atoms with Crippen LogP contribution in [0.2, 0.25) is 0 Å². The lowest BCUT2D eigenvalue weighted by Gasteiger charge is -2.19. The predicted molar refractivity (Wildman–Crippen MR) is 119 cm³/mol. The van der Waals surface area contributed by atoms with Gasteiger partial charge in [0.15, 0.2) is 11.5 Å². The van der Waals surface area contributed by atoms with Crippen LogP contribution in [0.25, 0.3) is 11.1 Å². The van der Waals surface area contributed by atoms with Gasteiger partial charge in [-0.05, 0) is 53.9 Å². The van der Waals surface area contributed by atoms with E-state index in [0.29, 0.717) is 31.9 Å². The van der Waals surface area contributed by atoms with Crippen LogP contribution >= 0.6 is 0 Å². The zero-order valence-corrected chi connectivity index (χ0v) is 17.4. The van der Waals surface area contributed by atoms with Crippen molar-refractivity contribution < 1.29 is 19.4 Å². The first kappa shape index (κ1) is 20.8. The Kier molecular flexibility index (Phi) is 6.45. The van der Waals surface area contributed by atoms with Crippen molar-refractivity contribution >= 4 is 11.6 Å². The molecular formula is C24H25N3O4. The molecule has 0 saturated carbocycles. The number of nitrogens with one attached hydrogen (secondary N) is 2. The highest BCUT2D eigenvalue weighted by Crippen LogP contribution is 2.36. The van der Waals surface area contributed by atoms with Gasteiger partial charge in [0, 0.05) is 25.0 Å². The number of hydrogen-bond donors (Lipinski definition) is 3. The summed E-state index contributed by atoms with van der Waals surface area (Å²) in [5, 5.41) is 14.9. The van der Waals surface area contributed by atoms with Gasteiger partial charge in [-0.15, -0.1) is 0 Å². The molecule has 0 saturated heterocycles. The molecule has 0 atom stereocenters. The number of anilines is 1. The second-order valence-electron chi connectivity index (χ2n) is 7.23. The Morgan fingerprint density at radius 1 is 1.10 bits per heavy atom. The fourth-order valence-corrected chi connectivity index (χ4v) is 3.45. The Labute approximate surface area is 181 Å². The summed E-state index contributed by atoms with van der Waals surface area (Å²) >= 11 is 0. The maximum Gasteiger partial charge on any atom is 0.257 e. The molecule has 2 aromatic carbocycles. The van der Waals surface area contributed by atoms with E-state index in [0.717, 1.165) is 39.6 Å². The fraction of sp³-hybridized carbons (Fsp3) is 0.250. The number of aliphatic hydroxyl groups excluding tert-OH is 1. The Balaban J connectivity index is 1.50. The van der Waals surface area contributed by atoms with Crippen LogP contribution in [0.4, 0.5) is 5.69 Å². The van der Waals surface area contributed by atoms with Gasteiger partial charge >= 0.3 is 0 Å². The minimum Gasteiger partial charge on any atom is -0.486 e. The van der Waals surface area contributed by atoms with Crippen LogP contribution in [-0.4, -0.2) is 42.4 Å². The largest absolute Gasteiger partial charge is 0.486 e. The standard InChI is InChI=1S/C24H25N3O4/c1-16-20(17-6-8-22-23(13-17)31-12-11-30-22)3-2-4-21(16)27-24(29)18-5-7-19(26-14-18)15-25-9-10-28/h2-8,13-14,25,28H,9-12,15H2,1H3,(H,27,29). The van der Waals surface area contributed by atoms with Gasteiger partial charge in [-0.2, -0.15) is 0 Å². The molecule has 7 heteroatoms. The average Bonchev–Trinajstić information content (AvgIpc) is 2.81. The predicted octanol–water partition coefficient (Wildman–Crippen LogP) is 3.16. The molecule has 1 aliphatic heterocycles. The monoisotopic (exact) mass is 419 g/mol. The van der Waals surface area contributed by atoms with Crippen LogP contribution in [0.1, 0.15) is 21.6 Å². The number of carbonyl (C=O) groups excluding carboxylic acids is 1. The molecule has 0 aliphatic carbocycles. The summed E-state index contributed by atoms with van der Waals surface area (Å²) in [6.07, 6.45) is 1.56. The van der Waals surface area contributed by atoms with Crippen molar-refractivity contribution in [1.29, 1.82) is 0 Å². The Bertz CT molecular complexity index is 1070. The normalized spacial score (nSPS) is 12.5. The summed E-state index contributed by atoms with van der Waals surface area (Å²) in [5.74, 6) is 1.27. The van der Waals surface area contributed by atoms with Crippen molar-refractivity contribution in [3.8, 4) is 22.6 Å². The molecule has 0 bridgehead atoms. The Morgan fingerprint density at radius 3 is 2.71 bits per heavy atom. The summed E-state index contributed by atoms with van der Waals surface area (Å²) in [5.41, 5.74) is 5.01. The average molecular weight is 419 g/mol. The third-order valence-electron chi connectivity index (χ3n) is 5.12. The van der Waals surface area contributed by atoms with E-state index in [1.165, 1.54) is 0 Å². The third kappa shape index (κ3) is 4.84. The zero-order chi connectivity index (χ0) is 21.6. The minimum atomic E-state index is -0.218. The Hall–Kier alpha value is -3.42. The lowest BCUT2D eigenvalue weighted by atomic mass is 9.98. The number of amides is 1. The van der Waals surface area contributed by atoms with Crippen LogP contribution in [0.15, 0.2) is 54.7 Å². The molecule has 0 fully saturated rings. The second-order valence-corrected chi connectivity index (χ2v) is 7.23. The highest BCUT2D eigenvalue weighted by Gasteiger charge is 2.15. The number of ether oxygens (including phenoxy) is 2. The number of carbonyl (C=O) groups is 1. The highest BCUT2D eigenvalue weighted by atomic mass is 16.6. The van der Waals surface area contributed by atoms with E-state index in [-0.39, 0.29) is 12.5 Å². The molecule has 160 valence electrons. The topological polar surface area (TPSA) is 92.7 Å². The smallest absolute Gasteiger partial charge is 0.257 e.